The van der Waals surface area contributed by atoms with Crippen LogP contribution in [0.1, 0.15) is 6.92 Å². The zero-order valence-corrected chi connectivity index (χ0v) is 5.91. The van der Waals surface area contributed by atoms with Gasteiger partial charge in [-0.2, -0.15) is 0 Å². The van der Waals surface area contributed by atoms with E-state index < -0.39 is 9.75 Å². The van der Waals surface area contributed by atoms with Gasteiger partial charge in [0, 0.05) is 0 Å². The third kappa shape index (κ3) is 2.88. The Balaban J connectivity index is 3.79. The Labute approximate surface area is 54.6 Å². The van der Waals surface area contributed by atoms with Crippen molar-refractivity contribution >= 4 is 33.5 Å². The van der Waals surface area contributed by atoms with E-state index in [1.807, 2.05) is 0 Å². The van der Waals surface area contributed by atoms with Gasteiger partial charge in [0.15, 0.2) is 0 Å². The Hall–Kier alpha value is 0.240. The average Bonchev–Trinajstić information content (AvgIpc) is 1.31. The second kappa shape index (κ2) is 2.01. The van der Waals surface area contributed by atoms with Crippen molar-refractivity contribution in [3.63, 3.8) is 0 Å². The van der Waals surface area contributed by atoms with Crippen LogP contribution in [0.25, 0.3) is 0 Å². The number of aliphatic carboxylic acids is 1. The molecule has 0 aliphatic heterocycles. The Kier molecular flexibility index (Phi) is 2.08. The second-order valence-electron chi connectivity index (χ2n) is 1.18. The molecule has 0 rings (SSSR count). The fourth-order valence-corrected chi connectivity index (χ4v) is 0. The Bertz CT molecular complexity index is 85.4. The highest BCUT2D eigenvalue weighted by atomic mass is 79.9. The lowest BCUT2D eigenvalue weighted by Crippen LogP contribution is -2.36. The third-order valence-corrected chi connectivity index (χ3v) is 0.836. The Morgan fingerprint density at radius 2 is 2.14 bits per heavy atom. The molecule has 0 N–H and O–H groups in total. The molecular formula is C3H3BrClO2-. The van der Waals surface area contributed by atoms with Gasteiger partial charge in [0.25, 0.3) is 0 Å². The molecule has 0 heterocycles. The summed E-state index contributed by atoms with van der Waals surface area (Å²) in [5, 5.41) is 9.73. The van der Waals surface area contributed by atoms with Crippen molar-refractivity contribution in [2.45, 2.75) is 10.7 Å². The number of halogens is 2. The standard InChI is InChI=1S/C3H4BrClO2/c1-3(4,5)2(6)7/h1H3,(H,6,7)/p-1. The van der Waals surface area contributed by atoms with Gasteiger partial charge in [0.05, 0.1) is 5.97 Å². The molecule has 0 fully saturated rings. The van der Waals surface area contributed by atoms with Crippen LogP contribution in [0.2, 0.25) is 0 Å². The van der Waals surface area contributed by atoms with Crippen LogP contribution in [0.5, 0.6) is 0 Å². The van der Waals surface area contributed by atoms with E-state index >= 15 is 0 Å². The van der Waals surface area contributed by atoms with E-state index in [1.54, 1.807) is 0 Å². The van der Waals surface area contributed by atoms with Gasteiger partial charge in [-0.1, -0.05) is 15.9 Å². The molecule has 0 saturated carbocycles. The molecule has 7 heavy (non-hydrogen) atoms. The number of rotatable bonds is 1. The van der Waals surface area contributed by atoms with Gasteiger partial charge in [-0.3, -0.25) is 0 Å². The topological polar surface area (TPSA) is 40.1 Å². The first-order valence-electron chi connectivity index (χ1n) is 1.54. The molecule has 1 unspecified atom stereocenters. The molecule has 0 radical (unpaired) electrons. The molecule has 0 aliphatic carbocycles. The number of carbonyl (C=O) groups excluding carboxylic acids is 1. The van der Waals surface area contributed by atoms with Gasteiger partial charge in [0.2, 0.25) is 0 Å². The minimum atomic E-state index is -1.41. The smallest absolute Gasteiger partial charge is 0.135 e. The van der Waals surface area contributed by atoms with Crippen LogP contribution < -0.4 is 5.11 Å². The van der Waals surface area contributed by atoms with Crippen LogP contribution >= 0.6 is 27.5 Å². The van der Waals surface area contributed by atoms with Crippen molar-refractivity contribution in [1.82, 2.24) is 0 Å². The molecule has 0 aliphatic rings. The van der Waals surface area contributed by atoms with Crippen molar-refractivity contribution < 1.29 is 9.90 Å². The lowest BCUT2D eigenvalue weighted by molar-refractivity contribution is -0.305. The summed E-state index contributed by atoms with van der Waals surface area (Å²) < 4.78 is -1.41. The number of carbonyl (C=O) groups is 1. The maximum Gasteiger partial charge on any atom is 0.135 e. The fraction of sp³-hybridized carbons (Fsp3) is 0.667. The van der Waals surface area contributed by atoms with Gasteiger partial charge in [-0.05, 0) is 6.92 Å². The average molecular weight is 186 g/mol. The molecular weight excluding hydrogens is 183 g/mol. The van der Waals surface area contributed by atoms with Crippen molar-refractivity contribution in [3.05, 3.63) is 0 Å². The first kappa shape index (κ1) is 7.24. The summed E-state index contributed by atoms with van der Waals surface area (Å²) in [5.74, 6) is -1.32. The molecule has 0 saturated heterocycles. The maximum absolute atomic E-state index is 9.73. The van der Waals surface area contributed by atoms with Crippen LogP contribution in [0.3, 0.4) is 0 Å². The first-order chi connectivity index (χ1) is 2.94. The summed E-state index contributed by atoms with van der Waals surface area (Å²) in [5.41, 5.74) is 0. The van der Waals surface area contributed by atoms with Crippen LogP contribution in [-0.2, 0) is 4.79 Å². The Morgan fingerprint density at radius 3 is 2.14 bits per heavy atom. The fourth-order valence-electron chi connectivity index (χ4n) is 0. The van der Waals surface area contributed by atoms with Gasteiger partial charge in [-0.15, -0.1) is 11.6 Å². The molecule has 42 valence electrons. The number of carboxylic acids is 1. The highest BCUT2D eigenvalue weighted by Crippen LogP contribution is 2.20. The lowest BCUT2D eigenvalue weighted by atomic mass is 10.5. The highest BCUT2D eigenvalue weighted by Gasteiger charge is 2.15. The Morgan fingerprint density at radius 1 is 2.00 bits per heavy atom. The van der Waals surface area contributed by atoms with E-state index in [1.165, 1.54) is 6.92 Å². The predicted molar refractivity (Wildman–Crippen MR) is 28.2 cm³/mol. The minimum absolute atomic E-state index is 1.28. The van der Waals surface area contributed by atoms with E-state index in [2.05, 4.69) is 15.9 Å². The predicted octanol–water partition coefficient (Wildman–Crippen LogP) is 0.0862. The summed E-state index contributed by atoms with van der Waals surface area (Å²) in [4.78, 5) is 9.73. The van der Waals surface area contributed by atoms with Gasteiger partial charge in [-0.25, -0.2) is 0 Å². The van der Waals surface area contributed by atoms with E-state index in [9.17, 15) is 9.90 Å². The highest BCUT2D eigenvalue weighted by molar-refractivity contribution is 9.10. The maximum atomic E-state index is 9.73. The first-order valence-corrected chi connectivity index (χ1v) is 2.71. The molecule has 0 aromatic rings. The second-order valence-corrected chi connectivity index (χ2v) is 3.97. The van der Waals surface area contributed by atoms with Crippen LogP contribution in [0.4, 0.5) is 0 Å². The van der Waals surface area contributed by atoms with E-state index in [0.717, 1.165) is 0 Å². The molecule has 0 aromatic heterocycles. The summed E-state index contributed by atoms with van der Waals surface area (Å²) in [6.07, 6.45) is 0. The molecule has 0 spiro atoms. The van der Waals surface area contributed by atoms with Crippen LogP contribution in [0.15, 0.2) is 0 Å². The summed E-state index contributed by atoms with van der Waals surface area (Å²) in [7, 11) is 0. The van der Waals surface area contributed by atoms with E-state index in [-0.39, 0.29) is 0 Å². The number of alkyl halides is 2. The quantitative estimate of drug-likeness (QED) is 0.545. The number of carboxylic acid groups (broad SMARTS) is 1. The third-order valence-electron chi connectivity index (χ3n) is 0.358. The van der Waals surface area contributed by atoms with E-state index in [0.29, 0.717) is 0 Å². The molecule has 1 atom stereocenters. The van der Waals surface area contributed by atoms with Crippen molar-refractivity contribution in [2.75, 3.05) is 0 Å². The van der Waals surface area contributed by atoms with Gasteiger partial charge in [0.1, 0.15) is 3.78 Å². The lowest BCUT2D eigenvalue weighted by Gasteiger charge is -2.12. The van der Waals surface area contributed by atoms with E-state index in [4.69, 9.17) is 11.6 Å². The van der Waals surface area contributed by atoms with Crippen molar-refractivity contribution in [3.8, 4) is 0 Å². The molecule has 0 amide bonds. The summed E-state index contributed by atoms with van der Waals surface area (Å²) in [6.45, 7) is 1.28. The van der Waals surface area contributed by atoms with Crippen molar-refractivity contribution in [2.24, 2.45) is 0 Å². The molecule has 0 bridgehead atoms. The van der Waals surface area contributed by atoms with Crippen LogP contribution in [0, 0.1) is 0 Å². The SMILES string of the molecule is CC(Cl)(Br)C(=O)[O-]. The monoisotopic (exact) mass is 185 g/mol. The minimum Gasteiger partial charge on any atom is -0.547 e. The zero-order valence-electron chi connectivity index (χ0n) is 3.57. The summed E-state index contributed by atoms with van der Waals surface area (Å²) in [6, 6.07) is 0. The molecule has 2 nitrogen and oxygen atoms in total. The molecule has 0 aromatic carbocycles. The normalized spacial score (nSPS) is 18.1. The van der Waals surface area contributed by atoms with Crippen LogP contribution in [-0.4, -0.2) is 9.75 Å². The largest absolute Gasteiger partial charge is 0.547 e. The van der Waals surface area contributed by atoms with Crippen molar-refractivity contribution in [1.29, 1.82) is 0 Å². The van der Waals surface area contributed by atoms with Gasteiger partial charge >= 0.3 is 0 Å². The number of hydrogen-bond acceptors (Lipinski definition) is 2. The molecule has 4 heteroatoms. The zero-order chi connectivity index (χ0) is 6.08. The van der Waals surface area contributed by atoms with Gasteiger partial charge < -0.3 is 9.90 Å². The number of hydrogen-bond donors (Lipinski definition) is 0. The summed E-state index contributed by atoms with van der Waals surface area (Å²) >= 11 is 7.77.